The Hall–Kier alpha value is -1.48. The average molecular weight is 227 g/mol. The average Bonchev–Trinajstić information content (AvgIpc) is 2.21. The number of aromatic hydroxyl groups is 1. The number of hydrogen-bond acceptors (Lipinski definition) is 3. The van der Waals surface area contributed by atoms with E-state index in [9.17, 15) is 9.90 Å². The molecule has 0 aromatic heterocycles. The van der Waals surface area contributed by atoms with Gasteiger partial charge in [0.25, 0.3) is 0 Å². The van der Waals surface area contributed by atoms with Gasteiger partial charge >= 0.3 is 5.97 Å². The van der Waals surface area contributed by atoms with Gasteiger partial charge in [-0.1, -0.05) is 23.7 Å². The molecule has 80 valence electrons. The molecule has 0 heterocycles. The summed E-state index contributed by atoms with van der Waals surface area (Å²) in [6.07, 6.45) is 2.70. The molecular formula is C11H11ClO3. The summed E-state index contributed by atoms with van der Waals surface area (Å²) in [6.45, 7) is 2.05. The number of ether oxygens (including phenoxy) is 1. The fourth-order valence-corrected chi connectivity index (χ4v) is 1.20. The van der Waals surface area contributed by atoms with E-state index < -0.39 is 5.97 Å². The maximum Gasteiger partial charge on any atom is 0.330 e. The van der Waals surface area contributed by atoms with E-state index >= 15 is 0 Å². The summed E-state index contributed by atoms with van der Waals surface area (Å²) in [5.41, 5.74) is 0.482. The summed E-state index contributed by atoms with van der Waals surface area (Å²) in [5, 5.41) is 9.76. The number of halogens is 1. The molecule has 0 spiro atoms. The lowest BCUT2D eigenvalue weighted by molar-refractivity contribution is -0.137. The molecule has 0 radical (unpaired) electrons. The minimum atomic E-state index is -0.447. The van der Waals surface area contributed by atoms with E-state index in [0.717, 1.165) is 0 Å². The molecule has 1 N–H and O–H groups in total. The van der Waals surface area contributed by atoms with E-state index in [1.807, 2.05) is 0 Å². The second kappa shape index (κ2) is 5.41. The highest BCUT2D eigenvalue weighted by molar-refractivity contribution is 6.32. The molecule has 1 aromatic carbocycles. The Morgan fingerprint density at radius 3 is 3.00 bits per heavy atom. The molecule has 15 heavy (non-hydrogen) atoms. The first kappa shape index (κ1) is 11.6. The zero-order valence-corrected chi connectivity index (χ0v) is 8.99. The van der Waals surface area contributed by atoms with Gasteiger partial charge in [0.05, 0.1) is 11.6 Å². The number of para-hydroxylation sites is 1. The lowest BCUT2D eigenvalue weighted by atomic mass is 10.2. The first-order chi connectivity index (χ1) is 7.15. The number of carbonyl (C=O) groups is 1. The summed E-state index contributed by atoms with van der Waals surface area (Å²) in [7, 11) is 0. The van der Waals surface area contributed by atoms with Crippen LogP contribution in [0.15, 0.2) is 24.3 Å². The minimum Gasteiger partial charge on any atom is -0.506 e. The van der Waals surface area contributed by atoms with Gasteiger partial charge in [0.15, 0.2) is 0 Å². The van der Waals surface area contributed by atoms with E-state index in [2.05, 4.69) is 0 Å². The van der Waals surface area contributed by atoms with Gasteiger partial charge in [0.1, 0.15) is 5.75 Å². The Labute approximate surface area is 92.9 Å². The van der Waals surface area contributed by atoms with Gasteiger partial charge in [-0.2, -0.15) is 0 Å². The number of carbonyl (C=O) groups excluding carboxylic acids is 1. The standard InChI is InChI=1S/C11H11ClO3/c1-2-15-10(13)7-6-8-4-3-5-9(12)11(8)14/h3-7,14H,2H2,1H3. The molecule has 0 saturated heterocycles. The van der Waals surface area contributed by atoms with Gasteiger partial charge in [-0.25, -0.2) is 4.79 Å². The zero-order valence-electron chi connectivity index (χ0n) is 8.24. The van der Waals surface area contributed by atoms with Crippen molar-refractivity contribution in [1.29, 1.82) is 0 Å². The van der Waals surface area contributed by atoms with Crippen LogP contribution in [-0.2, 0) is 9.53 Å². The number of phenolic OH excluding ortho intramolecular Hbond substituents is 1. The van der Waals surface area contributed by atoms with E-state index in [1.165, 1.54) is 12.2 Å². The van der Waals surface area contributed by atoms with Gasteiger partial charge in [0, 0.05) is 11.6 Å². The quantitative estimate of drug-likeness (QED) is 0.637. The third-order valence-corrected chi connectivity index (χ3v) is 2.01. The van der Waals surface area contributed by atoms with E-state index in [4.69, 9.17) is 16.3 Å². The molecule has 0 amide bonds. The second-order valence-electron chi connectivity index (χ2n) is 2.76. The first-order valence-corrected chi connectivity index (χ1v) is 4.85. The smallest absolute Gasteiger partial charge is 0.330 e. The maximum absolute atomic E-state index is 11.0. The number of hydrogen-bond donors (Lipinski definition) is 1. The van der Waals surface area contributed by atoms with Crippen LogP contribution in [0.25, 0.3) is 6.08 Å². The fourth-order valence-electron chi connectivity index (χ4n) is 1.01. The maximum atomic E-state index is 11.0. The Bertz CT molecular complexity index is 385. The zero-order chi connectivity index (χ0) is 11.3. The van der Waals surface area contributed by atoms with Crippen LogP contribution < -0.4 is 0 Å². The van der Waals surface area contributed by atoms with Crippen LogP contribution in [0, 0.1) is 0 Å². The van der Waals surface area contributed by atoms with Crippen LogP contribution >= 0.6 is 11.6 Å². The monoisotopic (exact) mass is 226 g/mol. The summed E-state index contributed by atoms with van der Waals surface area (Å²) < 4.78 is 4.69. The van der Waals surface area contributed by atoms with Crippen molar-refractivity contribution >= 4 is 23.6 Å². The Balaban J connectivity index is 2.81. The third kappa shape index (κ3) is 3.29. The fraction of sp³-hybridized carbons (Fsp3) is 0.182. The van der Waals surface area contributed by atoms with Crippen LogP contribution in [0.4, 0.5) is 0 Å². The highest BCUT2D eigenvalue weighted by Crippen LogP contribution is 2.27. The van der Waals surface area contributed by atoms with Gasteiger partial charge in [-0.3, -0.25) is 0 Å². The summed E-state index contributed by atoms with van der Waals surface area (Å²) >= 11 is 5.69. The Morgan fingerprint density at radius 1 is 1.60 bits per heavy atom. The van der Waals surface area contributed by atoms with Crippen LogP contribution in [0.1, 0.15) is 12.5 Å². The van der Waals surface area contributed by atoms with Crippen LogP contribution in [0.3, 0.4) is 0 Å². The molecule has 3 nitrogen and oxygen atoms in total. The van der Waals surface area contributed by atoms with Crippen LogP contribution in [0.5, 0.6) is 5.75 Å². The molecule has 0 aliphatic heterocycles. The van der Waals surface area contributed by atoms with Crippen LogP contribution in [0.2, 0.25) is 5.02 Å². The third-order valence-electron chi connectivity index (χ3n) is 1.70. The number of esters is 1. The van der Waals surface area contributed by atoms with E-state index in [0.29, 0.717) is 12.2 Å². The molecule has 1 aromatic rings. The number of benzene rings is 1. The van der Waals surface area contributed by atoms with Crippen molar-refractivity contribution in [1.82, 2.24) is 0 Å². The number of phenols is 1. The highest BCUT2D eigenvalue weighted by atomic mass is 35.5. The summed E-state index contributed by atoms with van der Waals surface area (Å²) in [6, 6.07) is 4.91. The molecular weight excluding hydrogens is 216 g/mol. The predicted molar refractivity (Wildman–Crippen MR) is 58.8 cm³/mol. The van der Waals surface area contributed by atoms with Crippen molar-refractivity contribution in [3.63, 3.8) is 0 Å². The van der Waals surface area contributed by atoms with Crippen molar-refractivity contribution in [2.75, 3.05) is 6.61 Å². The minimum absolute atomic E-state index is 0.0419. The van der Waals surface area contributed by atoms with E-state index in [1.54, 1.807) is 25.1 Å². The van der Waals surface area contributed by atoms with Crippen molar-refractivity contribution in [2.45, 2.75) is 6.92 Å². The Kier molecular flexibility index (Phi) is 4.18. The van der Waals surface area contributed by atoms with Gasteiger partial charge < -0.3 is 9.84 Å². The molecule has 0 bridgehead atoms. The van der Waals surface area contributed by atoms with Crippen molar-refractivity contribution in [2.24, 2.45) is 0 Å². The second-order valence-corrected chi connectivity index (χ2v) is 3.17. The largest absolute Gasteiger partial charge is 0.506 e. The van der Waals surface area contributed by atoms with Crippen molar-refractivity contribution < 1.29 is 14.6 Å². The highest BCUT2D eigenvalue weighted by Gasteiger charge is 2.02. The lowest BCUT2D eigenvalue weighted by Crippen LogP contribution is -1.98. The number of rotatable bonds is 3. The van der Waals surface area contributed by atoms with Gasteiger partial charge in [0.2, 0.25) is 0 Å². The molecule has 0 aliphatic carbocycles. The first-order valence-electron chi connectivity index (χ1n) is 4.47. The Morgan fingerprint density at radius 2 is 2.33 bits per heavy atom. The molecule has 0 atom stereocenters. The molecule has 4 heteroatoms. The van der Waals surface area contributed by atoms with Crippen LogP contribution in [-0.4, -0.2) is 17.7 Å². The normalized spacial score (nSPS) is 10.5. The van der Waals surface area contributed by atoms with E-state index in [-0.39, 0.29) is 10.8 Å². The van der Waals surface area contributed by atoms with Crippen molar-refractivity contribution in [3.05, 3.63) is 34.9 Å². The topological polar surface area (TPSA) is 46.5 Å². The van der Waals surface area contributed by atoms with Gasteiger partial charge in [-0.05, 0) is 19.1 Å². The van der Waals surface area contributed by atoms with Crippen molar-refractivity contribution in [3.8, 4) is 5.75 Å². The molecule has 0 saturated carbocycles. The SMILES string of the molecule is CCOC(=O)C=Cc1cccc(Cl)c1O. The summed E-state index contributed by atoms with van der Waals surface area (Å²) in [4.78, 5) is 11.0. The molecule has 0 aliphatic rings. The summed E-state index contributed by atoms with van der Waals surface area (Å²) in [5.74, 6) is -0.489. The molecule has 0 fully saturated rings. The molecule has 0 unspecified atom stereocenters. The van der Waals surface area contributed by atoms with Gasteiger partial charge in [-0.15, -0.1) is 0 Å². The lowest BCUT2D eigenvalue weighted by Gasteiger charge is -2.00. The predicted octanol–water partition coefficient (Wildman–Crippen LogP) is 2.62. The molecule has 1 rings (SSSR count).